The van der Waals surface area contributed by atoms with E-state index in [1.807, 2.05) is 0 Å². The summed E-state index contributed by atoms with van der Waals surface area (Å²) >= 11 is 6.71. The number of rotatable bonds is 3. The van der Waals surface area contributed by atoms with Crippen LogP contribution in [0, 0.1) is 0 Å². The van der Waals surface area contributed by atoms with Gasteiger partial charge in [0.25, 0.3) is 10.0 Å². The summed E-state index contributed by atoms with van der Waals surface area (Å²) in [5.74, 6) is 0. The van der Waals surface area contributed by atoms with Gasteiger partial charge in [0.05, 0.1) is 4.34 Å². The second-order valence-electron chi connectivity index (χ2n) is 3.29. The highest BCUT2D eigenvalue weighted by Crippen LogP contribution is 2.27. The first-order chi connectivity index (χ1) is 7.97. The first-order valence-corrected chi connectivity index (χ1v) is 7.29. The van der Waals surface area contributed by atoms with Crippen molar-refractivity contribution in [2.75, 3.05) is 10.5 Å². The van der Waals surface area contributed by atoms with E-state index in [2.05, 4.69) is 4.72 Å². The Morgan fingerprint density at radius 1 is 1.12 bits per heavy atom. The maximum atomic E-state index is 11.9. The predicted octanol–water partition coefficient (Wildman–Crippen LogP) is 2.78. The van der Waals surface area contributed by atoms with E-state index >= 15 is 0 Å². The van der Waals surface area contributed by atoms with Crippen molar-refractivity contribution in [2.24, 2.45) is 0 Å². The van der Waals surface area contributed by atoms with Crippen molar-refractivity contribution in [1.82, 2.24) is 0 Å². The lowest BCUT2D eigenvalue weighted by atomic mass is 10.3. The summed E-state index contributed by atoms with van der Waals surface area (Å²) < 4.78 is 26.9. The van der Waals surface area contributed by atoms with Crippen molar-refractivity contribution >= 4 is 44.3 Å². The Labute approximate surface area is 108 Å². The summed E-state index contributed by atoms with van der Waals surface area (Å²) in [6, 6.07) is 9.46. The van der Waals surface area contributed by atoms with Crippen LogP contribution in [-0.4, -0.2) is 8.42 Å². The molecule has 0 bridgehead atoms. The zero-order chi connectivity index (χ0) is 12.5. The zero-order valence-corrected chi connectivity index (χ0v) is 10.9. The van der Waals surface area contributed by atoms with E-state index in [-0.39, 0.29) is 4.21 Å². The van der Waals surface area contributed by atoms with E-state index in [0.717, 1.165) is 11.3 Å². The topological polar surface area (TPSA) is 72.2 Å². The van der Waals surface area contributed by atoms with Crippen LogP contribution in [-0.2, 0) is 10.0 Å². The van der Waals surface area contributed by atoms with Gasteiger partial charge >= 0.3 is 0 Å². The lowest BCUT2D eigenvalue weighted by Crippen LogP contribution is -2.11. The number of sulfonamides is 1. The second kappa shape index (κ2) is 4.56. The van der Waals surface area contributed by atoms with Gasteiger partial charge < -0.3 is 5.73 Å². The molecule has 0 amide bonds. The Kier molecular flexibility index (Phi) is 3.28. The first-order valence-electron chi connectivity index (χ1n) is 4.61. The number of hydrogen-bond acceptors (Lipinski definition) is 4. The van der Waals surface area contributed by atoms with E-state index < -0.39 is 10.0 Å². The summed E-state index contributed by atoms with van der Waals surface area (Å²) in [7, 11) is -3.56. The molecular formula is C10H9ClN2O2S2. The molecule has 3 N–H and O–H groups in total. The van der Waals surface area contributed by atoms with Crippen LogP contribution in [0.15, 0.2) is 40.6 Å². The van der Waals surface area contributed by atoms with E-state index in [9.17, 15) is 8.42 Å². The van der Waals surface area contributed by atoms with Crippen molar-refractivity contribution in [1.29, 1.82) is 0 Å². The molecule has 17 heavy (non-hydrogen) atoms. The highest BCUT2D eigenvalue weighted by molar-refractivity contribution is 7.94. The van der Waals surface area contributed by atoms with Gasteiger partial charge in [-0.15, -0.1) is 11.3 Å². The number of nitrogen functional groups attached to an aromatic ring is 1. The minimum Gasteiger partial charge on any atom is -0.399 e. The molecule has 1 aromatic carbocycles. The average molecular weight is 289 g/mol. The number of benzene rings is 1. The van der Waals surface area contributed by atoms with Gasteiger partial charge in [0.1, 0.15) is 4.21 Å². The number of halogens is 1. The van der Waals surface area contributed by atoms with E-state index in [4.69, 9.17) is 17.3 Å². The van der Waals surface area contributed by atoms with Crippen molar-refractivity contribution < 1.29 is 8.42 Å². The fourth-order valence-corrected chi connectivity index (χ4v) is 3.74. The Balaban J connectivity index is 2.26. The predicted molar refractivity (Wildman–Crippen MR) is 71.0 cm³/mol. The fourth-order valence-electron chi connectivity index (χ4n) is 1.20. The third-order valence-electron chi connectivity index (χ3n) is 1.98. The Morgan fingerprint density at radius 3 is 2.29 bits per heavy atom. The van der Waals surface area contributed by atoms with E-state index in [0.29, 0.717) is 15.7 Å². The summed E-state index contributed by atoms with van der Waals surface area (Å²) in [6.45, 7) is 0. The maximum Gasteiger partial charge on any atom is 0.271 e. The Bertz CT molecular complexity index is 620. The largest absolute Gasteiger partial charge is 0.399 e. The molecule has 90 valence electrons. The van der Waals surface area contributed by atoms with Gasteiger partial charge in [-0.25, -0.2) is 8.42 Å². The van der Waals surface area contributed by atoms with Gasteiger partial charge in [0, 0.05) is 11.4 Å². The van der Waals surface area contributed by atoms with Crippen molar-refractivity contribution in [3.8, 4) is 0 Å². The summed E-state index contributed by atoms with van der Waals surface area (Å²) in [5.41, 5.74) is 6.55. The zero-order valence-electron chi connectivity index (χ0n) is 8.55. The standard InChI is InChI=1S/C10H9ClN2O2S2/c11-9-5-6-10(16-9)17(14,15)13-8-3-1-7(12)2-4-8/h1-6,13H,12H2. The summed E-state index contributed by atoms with van der Waals surface area (Å²) in [4.78, 5) is 0. The monoisotopic (exact) mass is 288 g/mol. The molecule has 0 aliphatic heterocycles. The van der Waals surface area contributed by atoms with Crippen LogP contribution in [0.1, 0.15) is 0 Å². The lowest BCUT2D eigenvalue weighted by Gasteiger charge is -2.05. The van der Waals surface area contributed by atoms with Gasteiger partial charge in [0.2, 0.25) is 0 Å². The van der Waals surface area contributed by atoms with E-state index in [1.54, 1.807) is 30.3 Å². The van der Waals surface area contributed by atoms with E-state index in [1.165, 1.54) is 6.07 Å². The molecule has 2 aromatic rings. The third kappa shape index (κ3) is 2.91. The molecule has 0 atom stereocenters. The van der Waals surface area contributed by atoms with Crippen LogP contribution in [0.2, 0.25) is 4.34 Å². The van der Waals surface area contributed by atoms with Gasteiger partial charge in [0.15, 0.2) is 0 Å². The van der Waals surface area contributed by atoms with Crippen LogP contribution in [0.25, 0.3) is 0 Å². The van der Waals surface area contributed by atoms with Crippen molar-refractivity contribution in [3.05, 3.63) is 40.7 Å². The molecule has 0 fully saturated rings. The van der Waals surface area contributed by atoms with Crippen molar-refractivity contribution in [3.63, 3.8) is 0 Å². The molecular weight excluding hydrogens is 280 g/mol. The SMILES string of the molecule is Nc1ccc(NS(=O)(=O)c2ccc(Cl)s2)cc1. The number of hydrogen-bond donors (Lipinski definition) is 2. The maximum absolute atomic E-state index is 11.9. The lowest BCUT2D eigenvalue weighted by molar-refractivity contribution is 0.603. The number of nitrogens with two attached hydrogens (primary N) is 1. The molecule has 7 heteroatoms. The average Bonchev–Trinajstić information content (AvgIpc) is 2.69. The minimum atomic E-state index is -3.56. The van der Waals surface area contributed by atoms with Crippen LogP contribution >= 0.6 is 22.9 Å². The third-order valence-corrected chi connectivity index (χ3v) is 5.08. The number of thiophene rings is 1. The molecule has 0 unspecified atom stereocenters. The van der Waals surface area contributed by atoms with Crippen LogP contribution in [0.3, 0.4) is 0 Å². The fraction of sp³-hybridized carbons (Fsp3) is 0. The molecule has 0 saturated heterocycles. The molecule has 1 heterocycles. The Morgan fingerprint density at radius 2 is 1.76 bits per heavy atom. The quantitative estimate of drug-likeness (QED) is 0.853. The molecule has 1 aromatic heterocycles. The van der Waals surface area contributed by atoms with Gasteiger partial charge in [-0.3, -0.25) is 4.72 Å². The van der Waals surface area contributed by atoms with Gasteiger partial charge in [-0.05, 0) is 36.4 Å². The molecule has 0 saturated carbocycles. The molecule has 0 aliphatic carbocycles. The number of anilines is 2. The van der Waals surface area contributed by atoms with Crippen molar-refractivity contribution in [2.45, 2.75) is 4.21 Å². The van der Waals surface area contributed by atoms with Crippen LogP contribution in [0.5, 0.6) is 0 Å². The molecule has 2 rings (SSSR count). The van der Waals surface area contributed by atoms with Crippen LogP contribution in [0.4, 0.5) is 11.4 Å². The van der Waals surface area contributed by atoms with Gasteiger partial charge in [-0.1, -0.05) is 11.6 Å². The number of nitrogens with one attached hydrogen (secondary N) is 1. The summed E-state index contributed by atoms with van der Waals surface area (Å²) in [6.07, 6.45) is 0. The normalized spacial score (nSPS) is 11.4. The Hall–Kier alpha value is -1.24. The molecule has 0 aliphatic rings. The van der Waals surface area contributed by atoms with Gasteiger partial charge in [-0.2, -0.15) is 0 Å². The molecule has 0 radical (unpaired) electrons. The highest BCUT2D eigenvalue weighted by Gasteiger charge is 2.16. The molecule has 4 nitrogen and oxygen atoms in total. The van der Waals surface area contributed by atoms with Crippen LogP contribution < -0.4 is 10.5 Å². The summed E-state index contributed by atoms with van der Waals surface area (Å²) in [5, 5.41) is 0. The first kappa shape index (κ1) is 12.2. The highest BCUT2D eigenvalue weighted by atomic mass is 35.5. The second-order valence-corrected chi connectivity index (χ2v) is 6.91. The molecule has 0 spiro atoms. The minimum absolute atomic E-state index is 0.180. The smallest absolute Gasteiger partial charge is 0.271 e.